The maximum absolute atomic E-state index is 12.6. The zero-order valence-corrected chi connectivity index (χ0v) is 17.4. The van der Waals surface area contributed by atoms with E-state index < -0.39 is 0 Å². The van der Waals surface area contributed by atoms with Gasteiger partial charge in [-0.1, -0.05) is 0 Å². The van der Waals surface area contributed by atoms with Gasteiger partial charge in [-0.15, -0.1) is 0 Å². The summed E-state index contributed by atoms with van der Waals surface area (Å²) in [5.74, 6) is 0.956. The number of rotatable bonds is 4. The summed E-state index contributed by atoms with van der Waals surface area (Å²) in [5.41, 5.74) is 4.65. The minimum absolute atomic E-state index is 0.106. The van der Waals surface area contributed by atoms with Gasteiger partial charge in [-0.3, -0.25) is 4.79 Å². The Morgan fingerprint density at radius 1 is 1.00 bits per heavy atom. The summed E-state index contributed by atoms with van der Waals surface area (Å²) >= 11 is 0. The third-order valence-electron chi connectivity index (χ3n) is 5.59. The summed E-state index contributed by atoms with van der Waals surface area (Å²) in [5, 5.41) is 4.09. The Bertz CT molecular complexity index is 1020. The summed E-state index contributed by atoms with van der Waals surface area (Å²) in [6.07, 6.45) is 3.78. The first kappa shape index (κ1) is 19.2. The second-order valence-electron chi connectivity index (χ2n) is 7.97. The molecule has 0 spiro atoms. The number of fused-ring (bicyclic) bond motifs is 1. The highest BCUT2D eigenvalue weighted by atomic mass is 16.1. The van der Waals surface area contributed by atoms with E-state index in [1.165, 1.54) is 24.8 Å². The maximum atomic E-state index is 12.6. The van der Waals surface area contributed by atoms with Crippen LogP contribution >= 0.6 is 0 Å². The average Bonchev–Trinajstić information content (AvgIpc) is 2.74. The molecule has 0 saturated carbocycles. The maximum Gasteiger partial charge on any atom is 0.255 e. The van der Waals surface area contributed by atoms with E-state index in [0.717, 1.165) is 41.2 Å². The molecule has 2 heterocycles. The van der Waals surface area contributed by atoms with Gasteiger partial charge in [0.25, 0.3) is 5.91 Å². The number of piperidine rings is 1. The number of nitrogens with zero attached hydrogens (tertiary/aromatic N) is 3. The zero-order valence-electron chi connectivity index (χ0n) is 17.4. The van der Waals surface area contributed by atoms with Gasteiger partial charge in [0, 0.05) is 49.5 Å². The van der Waals surface area contributed by atoms with Crippen molar-refractivity contribution in [3.8, 4) is 0 Å². The molecule has 5 heteroatoms. The third kappa shape index (κ3) is 4.19. The highest BCUT2D eigenvalue weighted by molar-refractivity contribution is 6.05. The number of carbonyl (C=O) groups excluding carboxylic acids is 1. The van der Waals surface area contributed by atoms with Crippen LogP contribution in [0.5, 0.6) is 0 Å². The Hall–Kier alpha value is -3.08. The van der Waals surface area contributed by atoms with Gasteiger partial charge in [0.1, 0.15) is 5.82 Å². The van der Waals surface area contributed by atoms with E-state index >= 15 is 0 Å². The van der Waals surface area contributed by atoms with E-state index in [1.807, 2.05) is 61.5 Å². The zero-order chi connectivity index (χ0) is 20.4. The van der Waals surface area contributed by atoms with Gasteiger partial charge >= 0.3 is 0 Å². The van der Waals surface area contributed by atoms with Crippen molar-refractivity contribution >= 4 is 34.0 Å². The molecule has 4 rings (SSSR count). The van der Waals surface area contributed by atoms with Gasteiger partial charge in [0.15, 0.2) is 0 Å². The van der Waals surface area contributed by atoms with Crippen LogP contribution in [0.1, 0.15) is 35.2 Å². The molecule has 0 unspecified atom stereocenters. The van der Waals surface area contributed by atoms with Crippen LogP contribution in [0, 0.1) is 6.92 Å². The molecule has 1 N–H and O–H groups in total. The second kappa shape index (κ2) is 8.11. The normalized spacial score (nSPS) is 14.1. The molecular weight excluding hydrogens is 360 g/mol. The number of aryl methyl sites for hydroxylation is 1. The molecule has 2 aromatic carbocycles. The molecule has 1 aliphatic heterocycles. The number of hydrogen-bond donors (Lipinski definition) is 1. The number of amides is 1. The fourth-order valence-corrected chi connectivity index (χ4v) is 3.85. The molecule has 1 aliphatic rings. The van der Waals surface area contributed by atoms with Crippen molar-refractivity contribution in [1.29, 1.82) is 0 Å². The Morgan fingerprint density at radius 3 is 2.41 bits per heavy atom. The van der Waals surface area contributed by atoms with Crippen LogP contribution in [-0.4, -0.2) is 38.1 Å². The standard InChI is InChI=1S/C24H28N4O/c1-17-15-23(28-13-5-4-6-14-28)26-22-12-9-19(16-21(17)22)25-24(29)18-7-10-20(11-8-18)27(2)3/h7-12,15-16H,4-6,13-14H2,1-3H3,(H,25,29). The van der Waals surface area contributed by atoms with Gasteiger partial charge < -0.3 is 15.1 Å². The SMILES string of the molecule is Cc1cc(N2CCCCC2)nc2ccc(NC(=O)c3ccc(N(C)C)cc3)cc12. The topological polar surface area (TPSA) is 48.5 Å². The molecular formula is C24H28N4O. The van der Waals surface area contributed by atoms with Gasteiger partial charge in [0.05, 0.1) is 5.52 Å². The fourth-order valence-electron chi connectivity index (χ4n) is 3.85. The molecule has 1 aromatic heterocycles. The van der Waals surface area contributed by atoms with Gasteiger partial charge in [-0.2, -0.15) is 0 Å². The molecule has 1 amide bonds. The van der Waals surface area contributed by atoms with E-state index in [0.29, 0.717) is 5.56 Å². The first-order chi connectivity index (χ1) is 14.0. The molecule has 0 radical (unpaired) electrons. The summed E-state index contributed by atoms with van der Waals surface area (Å²) in [7, 11) is 3.97. The number of aromatic nitrogens is 1. The molecule has 5 nitrogen and oxygen atoms in total. The number of anilines is 3. The van der Waals surface area contributed by atoms with E-state index in [-0.39, 0.29) is 5.91 Å². The molecule has 150 valence electrons. The van der Waals surface area contributed by atoms with Crippen LogP contribution < -0.4 is 15.1 Å². The Kier molecular flexibility index (Phi) is 5.38. The van der Waals surface area contributed by atoms with Crippen molar-refractivity contribution in [2.75, 3.05) is 42.3 Å². The number of benzene rings is 2. The fraction of sp³-hybridized carbons (Fsp3) is 0.333. The quantitative estimate of drug-likeness (QED) is 0.694. The van der Waals surface area contributed by atoms with E-state index in [1.54, 1.807) is 0 Å². The minimum atomic E-state index is -0.106. The summed E-state index contributed by atoms with van der Waals surface area (Å²) in [4.78, 5) is 21.9. The molecule has 0 bridgehead atoms. The Morgan fingerprint density at radius 2 is 1.72 bits per heavy atom. The van der Waals surface area contributed by atoms with Crippen LogP contribution in [0.4, 0.5) is 17.2 Å². The monoisotopic (exact) mass is 388 g/mol. The van der Waals surface area contributed by atoms with Crippen molar-refractivity contribution in [3.05, 3.63) is 59.7 Å². The first-order valence-electron chi connectivity index (χ1n) is 10.3. The van der Waals surface area contributed by atoms with Crippen LogP contribution in [-0.2, 0) is 0 Å². The number of hydrogen-bond acceptors (Lipinski definition) is 4. The van der Waals surface area contributed by atoms with E-state index in [4.69, 9.17) is 4.98 Å². The van der Waals surface area contributed by atoms with Crippen LogP contribution in [0.15, 0.2) is 48.5 Å². The summed E-state index contributed by atoms with van der Waals surface area (Å²) in [6.45, 7) is 4.28. The number of carbonyl (C=O) groups is 1. The lowest BCUT2D eigenvalue weighted by Gasteiger charge is -2.28. The third-order valence-corrected chi connectivity index (χ3v) is 5.59. The van der Waals surface area contributed by atoms with Crippen LogP contribution in [0.25, 0.3) is 10.9 Å². The first-order valence-corrected chi connectivity index (χ1v) is 10.3. The molecule has 0 atom stereocenters. The highest BCUT2D eigenvalue weighted by Gasteiger charge is 2.14. The lowest BCUT2D eigenvalue weighted by molar-refractivity contribution is 0.102. The van der Waals surface area contributed by atoms with Crippen molar-refractivity contribution in [2.45, 2.75) is 26.2 Å². The van der Waals surface area contributed by atoms with Crippen molar-refractivity contribution < 1.29 is 4.79 Å². The van der Waals surface area contributed by atoms with Crippen molar-refractivity contribution in [3.63, 3.8) is 0 Å². The van der Waals surface area contributed by atoms with Crippen molar-refractivity contribution in [2.24, 2.45) is 0 Å². The second-order valence-corrected chi connectivity index (χ2v) is 7.97. The molecule has 3 aromatic rings. The van der Waals surface area contributed by atoms with Gasteiger partial charge in [-0.25, -0.2) is 4.98 Å². The largest absolute Gasteiger partial charge is 0.378 e. The van der Waals surface area contributed by atoms with E-state index in [9.17, 15) is 4.79 Å². The average molecular weight is 389 g/mol. The highest BCUT2D eigenvalue weighted by Crippen LogP contribution is 2.27. The Balaban J connectivity index is 1.55. The van der Waals surface area contributed by atoms with Crippen LogP contribution in [0.2, 0.25) is 0 Å². The van der Waals surface area contributed by atoms with E-state index in [2.05, 4.69) is 23.2 Å². The number of nitrogens with one attached hydrogen (secondary N) is 1. The molecule has 0 aliphatic carbocycles. The Labute approximate surface area is 172 Å². The summed E-state index contributed by atoms with van der Waals surface area (Å²) < 4.78 is 0. The predicted molar refractivity (Wildman–Crippen MR) is 121 cm³/mol. The lowest BCUT2D eigenvalue weighted by Crippen LogP contribution is -2.30. The predicted octanol–water partition coefficient (Wildman–Crippen LogP) is 4.85. The number of pyridine rings is 1. The molecule has 1 saturated heterocycles. The smallest absolute Gasteiger partial charge is 0.255 e. The van der Waals surface area contributed by atoms with Crippen molar-refractivity contribution in [1.82, 2.24) is 4.98 Å². The van der Waals surface area contributed by atoms with Gasteiger partial charge in [0.2, 0.25) is 0 Å². The lowest BCUT2D eigenvalue weighted by atomic mass is 10.1. The van der Waals surface area contributed by atoms with Gasteiger partial charge in [-0.05, 0) is 80.3 Å². The molecule has 1 fully saturated rings. The summed E-state index contributed by atoms with van der Waals surface area (Å²) in [6, 6.07) is 15.7. The molecule has 29 heavy (non-hydrogen) atoms. The van der Waals surface area contributed by atoms with Crippen LogP contribution in [0.3, 0.4) is 0 Å². The minimum Gasteiger partial charge on any atom is -0.378 e.